The van der Waals surface area contributed by atoms with E-state index in [1.165, 1.54) is 0 Å². The number of hydrogen-bond donors (Lipinski definition) is 2. The Bertz CT molecular complexity index is 700. The van der Waals surface area contributed by atoms with E-state index in [-0.39, 0.29) is 11.8 Å². The second kappa shape index (κ2) is 9.69. The molecule has 2 amide bonds. The van der Waals surface area contributed by atoms with Crippen LogP contribution in [-0.2, 0) is 11.3 Å². The molecule has 5 nitrogen and oxygen atoms in total. The monoisotopic (exact) mass is 360 g/mol. The molecular weight excluding hydrogens is 340 g/mol. The van der Waals surface area contributed by atoms with Crippen LogP contribution in [0.15, 0.2) is 48.5 Å². The van der Waals surface area contributed by atoms with Gasteiger partial charge in [-0.2, -0.15) is 0 Å². The smallest absolute Gasteiger partial charge is 0.251 e. The van der Waals surface area contributed by atoms with Crippen LogP contribution in [0.1, 0.15) is 28.8 Å². The number of methoxy groups -OCH3 is 1. The maximum absolute atomic E-state index is 11.9. The first-order valence-corrected chi connectivity index (χ1v) is 8.39. The number of nitrogens with one attached hydrogen (secondary N) is 2. The van der Waals surface area contributed by atoms with Crippen molar-refractivity contribution in [3.63, 3.8) is 0 Å². The highest BCUT2D eigenvalue weighted by Crippen LogP contribution is 2.11. The van der Waals surface area contributed by atoms with Crippen molar-refractivity contribution in [2.75, 3.05) is 13.7 Å². The molecule has 6 heteroatoms. The molecule has 0 bridgehead atoms. The molecule has 0 unspecified atom stereocenters. The van der Waals surface area contributed by atoms with Crippen molar-refractivity contribution in [2.24, 2.45) is 0 Å². The quantitative estimate of drug-likeness (QED) is 0.710. The molecule has 2 rings (SSSR count). The molecule has 0 atom stereocenters. The second-order valence-electron chi connectivity index (χ2n) is 5.49. The summed E-state index contributed by atoms with van der Waals surface area (Å²) in [5.74, 6) is 0.568. The number of hydrogen-bond acceptors (Lipinski definition) is 3. The van der Waals surface area contributed by atoms with Gasteiger partial charge in [-0.15, -0.1) is 0 Å². The van der Waals surface area contributed by atoms with Crippen molar-refractivity contribution in [3.05, 3.63) is 64.7 Å². The molecule has 0 spiro atoms. The van der Waals surface area contributed by atoms with E-state index in [0.29, 0.717) is 36.5 Å². The Kier molecular flexibility index (Phi) is 7.29. The van der Waals surface area contributed by atoms with E-state index in [2.05, 4.69) is 10.6 Å². The lowest BCUT2D eigenvalue weighted by atomic mass is 10.2. The van der Waals surface area contributed by atoms with Crippen molar-refractivity contribution in [3.8, 4) is 5.75 Å². The van der Waals surface area contributed by atoms with Crippen LogP contribution in [0.25, 0.3) is 0 Å². The van der Waals surface area contributed by atoms with Gasteiger partial charge in [0, 0.05) is 30.1 Å². The lowest BCUT2D eigenvalue weighted by Crippen LogP contribution is -2.27. The Balaban J connectivity index is 1.63. The molecule has 0 saturated heterocycles. The maximum Gasteiger partial charge on any atom is 0.251 e. The summed E-state index contributed by atoms with van der Waals surface area (Å²) in [6.07, 6.45) is 0.935. The van der Waals surface area contributed by atoms with E-state index in [4.69, 9.17) is 16.3 Å². The number of benzene rings is 2. The van der Waals surface area contributed by atoms with Gasteiger partial charge < -0.3 is 15.4 Å². The molecule has 0 saturated carbocycles. The summed E-state index contributed by atoms with van der Waals surface area (Å²) in [7, 11) is 1.61. The van der Waals surface area contributed by atoms with E-state index >= 15 is 0 Å². The minimum absolute atomic E-state index is 0.0449. The average Bonchev–Trinajstić information content (AvgIpc) is 2.64. The number of halogens is 1. The first kappa shape index (κ1) is 18.8. The Labute approximate surface area is 152 Å². The predicted octanol–water partition coefficient (Wildman–Crippen LogP) is 3.18. The van der Waals surface area contributed by atoms with E-state index in [1.54, 1.807) is 31.4 Å². The molecular formula is C19H21ClN2O3. The lowest BCUT2D eigenvalue weighted by molar-refractivity contribution is -0.121. The number of amides is 2. The van der Waals surface area contributed by atoms with E-state index in [0.717, 1.165) is 11.3 Å². The largest absolute Gasteiger partial charge is 0.497 e. The highest BCUT2D eigenvalue weighted by atomic mass is 35.5. The van der Waals surface area contributed by atoms with Gasteiger partial charge in [0.1, 0.15) is 5.75 Å². The van der Waals surface area contributed by atoms with Gasteiger partial charge in [0.15, 0.2) is 0 Å². The molecule has 25 heavy (non-hydrogen) atoms. The summed E-state index contributed by atoms with van der Waals surface area (Å²) in [5.41, 5.74) is 1.55. The van der Waals surface area contributed by atoms with E-state index < -0.39 is 0 Å². The van der Waals surface area contributed by atoms with Crippen LogP contribution < -0.4 is 15.4 Å². The zero-order valence-corrected chi connectivity index (χ0v) is 14.8. The molecule has 0 aliphatic carbocycles. The van der Waals surface area contributed by atoms with Gasteiger partial charge in [-0.05, 0) is 48.4 Å². The van der Waals surface area contributed by atoms with Crippen LogP contribution in [0.5, 0.6) is 5.75 Å². The van der Waals surface area contributed by atoms with Gasteiger partial charge in [0.25, 0.3) is 5.91 Å². The van der Waals surface area contributed by atoms with Crippen LogP contribution in [-0.4, -0.2) is 25.5 Å². The van der Waals surface area contributed by atoms with E-state index in [1.807, 2.05) is 24.3 Å². The Morgan fingerprint density at radius 2 is 1.68 bits per heavy atom. The zero-order valence-electron chi connectivity index (χ0n) is 14.0. The second-order valence-corrected chi connectivity index (χ2v) is 5.93. The van der Waals surface area contributed by atoms with Crippen molar-refractivity contribution < 1.29 is 14.3 Å². The molecule has 2 aromatic carbocycles. The van der Waals surface area contributed by atoms with E-state index in [9.17, 15) is 9.59 Å². The number of carbonyl (C=O) groups excluding carboxylic acids is 2. The molecule has 0 fully saturated rings. The van der Waals surface area contributed by atoms with Crippen LogP contribution in [0, 0.1) is 0 Å². The van der Waals surface area contributed by atoms with Crippen molar-refractivity contribution in [2.45, 2.75) is 19.4 Å². The molecule has 0 aromatic heterocycles. The number of rotatable bonds is 8. The third kappa shape index (κ3) is 6.47. The van der Waals surface area contributed by atoms with Crippen LogP contribution >= 0.6 is 11.6 Å². The summed E-state index contributed by atoms with van der Waals surface area (Å²) in [4.78, 5) is 23.7. The van der Waals surface area contributed by atoms with Gasteiger partial charge in [0.05, 0.1) is 7.11 Å². The minimum atomic E-state index is -0.171. The average molecular weight is 361 g/mol. The summed E-state index contributed by atoms with van der Waals surface area (Å²) < 4.78 is 5.09. The summed E-state index contributed by atoms with van der Waals surface area (Å²) in [6, 6.07) is 14.2. The molecule has 2 aromatic rings. The molecule has 0 radical (unpaired) electrons. The molecule has 0 aliphatic heterocycles. The topological polar surface area (TPSA) is 67.4 Å². The fraction of sp³-hybridized carbons (Fsp3) is 0.263. The fourth-order valence-corrected chi connectivity index (χ4v) is 2.31. The van der Waals surface area contributed by atoms with Crippen molar-refractivity contribution in [1.82, 2.24) is 10.6 Å². The Morgan fingerprint density at radius 3 is 2.32 bits per heavy atom. The summed E-state index contributed by atoms with van der Waals surface area (Å²) >= 11 is 5.78. The third-order valence-corrected chi connectivity index (χ3v) is 3.87. The molecule has 0 aliphatic rings. The van der Waals surface area contributed by atoms with Crippen LogP contribution in [0.2, 0.25) is 5.02 Å². The SMILES string of the molecule is COc1ccc(CNC(=O)CCCNC(=O)c2ccc(Cl)cc2)cc1. The van der Waals surface area contributed by atoms with Gasteiger partial charge in [0.2, 0.25) is 5.91 Å². The summed E-state index contributed by atoms with van der Waals surface area (Å²) in [5, 5.41) is 6.23. The Morgan fingerprint density at radius 1 is 1.00 bits per heavy atom. The molecule has 2 N–H and O–H groups in total. The van der Waals surface area contributed by atoms with Crippen molar-refractivity contribution >= 4 is 23.4 Å². The zero-order chi connectivity index (χ0) is 18.1. The summed E-state index contributed by atoms with van der Waals surface area (Å²) in [6.45, 7) is 0.914. The van der Waals surface area contributed by atoms with Crippen LogP contribution in [0.3, 0.4) is 0 Å². The highest BCUT2D eigenvalue weighted by molar-refractivity contribution is 6.30. The number of ether oxygens (including phenoxy) is 1. The number of carbonyl (C=O) groups is 2. The minimum Gasteiger partial charge on any atom is -0.497 e. The standard InChI is InChI=1S/C19H21ClN2O3/c1-25-17-10-4-14(5-11-17)13-22-18(23)3-2-12-21-19(24)15-6-8-16(20)9-7-15/h4-11H,2-3,12-13H2,1H3,(H,21,24)(H,22,23). The molecule has 0 heterocycles. The highest BCUT2D eigenvalue weighted by Gasteiger charge is 2.06. The molecule has 132 valence electrons. The normalized spacial score (nSPS) is 10.2. The van der Waals surface area contributed by atoms with Gasteiger partial charge >= 0.3 is 0 Å². The first-order valence-electron chi connectivity index (χ1n) is 8.02. The van der Waals surface area contributed by atoms with Gasteiger partial charge in [-0.1, -0.05) is 23.7 Å². The van der Waals surface area contributed by atoms with Gasteiger partial charge in [-0.25, -0.2) is 0 Å². The Hall–Kier alpha value is -2.53. The maximum atomic E-state index is 11.9. The fourth-order valence-electron chi connectivity index (χ4n) is 2.19. The van der Waals surface area contributed by atoms with Gasteiger partial charge in [-0.3, -0.25) is 9.59 Å². The third-order valence-electron chi connectivity index (χ3n) is 3.62. The van der Waals surface area contributed by atoms with Crippen LogP contribution in [0.4, 0.5) is 0 Å². The lowest BCUT2D eigenvalue weighted by Gasteiger charge is -2.07. The first-order chi connectivity index (χ1) is 12.1. The van der Waals surface area contributed by atoms with Crippen molar-refractivity contribution in [1.29, 1.82) is 0 Å². The predicted molar refractivity (Wildman–Crippen MR) is 97.9 cm³/mol.